The standard InChI is InChI=1S/C14H18BrNO2/c1-9-3-4-11(13(17)7-9)14(18)16-6-5-10(2)12(16)8-15/h3-4,7,10,12,17H,5-6,8H2,1-2H3. The number of phenolic OH excluding ortho intramolecular Hbond substituents is 1. The van der Waals surface area contributed by atoms with Gasteiger partial charge >= 0.3 is 0 Å². The minimum absolute atomic E-state index is 0.0682. The van der Waals surface area contributed by atoms with Crippen LogP contribution in [0.4, 0.5) is 0 Å². The van der Waals surface area contributed by atoms with Crippen molar-refractivity contribution in [3.8, 4) is 5.75 Å². The van der Waals surface area contributed by atoms with Crippen molar-refractivity contribution >= 4 is 21.8 Å². The third-order valence-corrected chi connectivity index (χ3v) is 4.35. The van der Waals surface area contributed by atoms with Crippen LogP contribution < -0.4 is 0 Å². The van der Waals surface area contributed by atoms with E-state index in [9.17, 15) is 9.90 Å². The van der Waals surface area contributed by atoms with Gasteiger partial charge in [-0.1, -0.05) is 28.9 Å². The number of nitrogens with zero attached hydrogens (tertiary/aromatic N) is 1. The summed E-state index contributed by atoms with van der Waals surface area (Å²) in [6, 6.07) is 5.42. The number of aryl methyl sites for hydroxylation is 1. The van der Waals surface area contributed by atoms with Gasteiger partial charge in [0.05, 0.1) is 5.56 Å². The lowest BCUT2D eigenvalue weighted by molar-refractivity contribution is 0.0735. The number of likely N-dealkylation sites (tertiary alicyclic amines) is 1. The monoisotopic (exact) mass is 311 g/mol. The number of benzene rings is 1. The number of alkyl halides is 1. The van der Waals surface area contributed by atoms with Gasteiger partial charge in [0.1, 0.15) is 5.75 Å². The van der Waals surface area contributed by atoms with Gasteiger partial charge in [0.25, 0.3) is 5.91 Å². The molecule has 0 bridgehead atoms. The van der Waals surface area contributed by atoms with Gasteiger partial charge in [-0.15, -0.1) is 0 Å². The summed E-state index contributed by atoms with van der Waals surface area (Å²) in [6.45, 7) is 4.82. The van der Waals surface area contributed by atoms with Gasteiger partial charge in [0, 0.05) is 17.9 Å². The molecule has 0 saturated carbocycles. The van der Waals surface area contributed by atoms with E-state index in [0.29, 0.717) is 11.5 Å². The number of halogens is 1. The highest BCUT2D eigenvalue weighted by Crippen LogP contribution is 2.29. The maximum Gasteiger partial charge on any atom is 0.257 e. The largest absolute Gasteiger partial charge is 0.507 e. The Hall–Kier alpha value is -1.03. The Balaban J connectivity index is 2.26. The van der Waals surface area contributed by atoms with Crippen LogP contribution in [-0.4, -0.2) is 33.8 Å². The molecule has 0 radical (unpaired) electrons. The summed E-state index contributed by atoms with van der Waals surface area (Å²) in [5.74, 6) is 0.509. The van der Waals surface area contributed by atoms with Crippen molar-refractivity contribution in [3.05, 3.63) is 29.3 Å². The average Bonchev–Trinajstić information content (AvgIpc) is 2.69. The molecule has 2 unspecified atom stereocenters. The number of hydrogen-bond acceptors (Lipinski definition) is 2. The van der Waals surface area contributed by atoms with E-state index in [1.165, 1.54) is 0 Å². The molecule has 2 atom stereocenters. The Morgan fingerprint density at radius 3 is 2.89 bits per heavy atom. The predicted molar refractivity (Wildman–Crippen MR) is 75.2 cm³/mol. The Bertz CT molecular complexity index is 461. The fraction of sp³-hybridized carbons (Fsp3) is 0.500. The number of rotatable bonds is 2. The molecule has 1 saturated heterocycles. The number of amides is 1. The summed E-state index contributed by atoms with van der Waals surface area (Å²) in [5, 5.41) is 10.7. The summed E-state index contributed by atoms with van der Waals surface area (Å²) in [6.07, 6.45) is 1.02. The van der Waals surface area contributed by atoms with E-state index in [4.69, 9.17) is 0 Å². The molecule has 0 aliphatic carbocycles. The van der Waals surface area contributed by atoms with E-state index in [-0.39, 0.29) is 17.7 Å². The Kier molecular flexibility index (Phi) is 3.95. The van der Waals surface area contributed by atoms with Crippen molar-refractivity contribution in [1.29, 1.82) is 0 Å². The third-order valence-electron chi connectivity index (χ3n) is 3.69. The maximum absolute atomic E-state index is 12.4. The van der Waals surface area contributed by atoms with Crippen LogP contribution in [0.1, 0.15) is 29.3 Å². The lowest BCUT2D eigenvalue weighted by Crippen LogP contribution is -2.38. The smallest absolute Gasteiger partial charge is 0.257 e. The minimum atomic E-state index is -0.0682. The van der Waals surface area contributed by atoms with E-state index in [2.05, 4.69) is 22.9 Å². The first-order chi connectivity index (χ1) is 8.54. The molecule has 3 nitrogen and oxygen atoms in total. The van der Waals surface area contributed by atoms with Gasteiger partial charge in [-0.3, -0.25) is 4.79 Å². The predicted octanol–water partition coefficient (Wildman–Crippen LogP) is 2.95. The average molecular weight is 312 g/mol. The number of aromatic hydroxyl groups is 1. The quantitative estimate of drug-likeness (QED) is 0.853. The van der Waals surface area contributed by atoms with Crippen LogP contribution in [0, 0.1) is 12.8 Å². The first kappa shape index (κ1) is 13.4. The minimum Gasteiger partial charge on any atom is -0.507 e. The zero-order valence-electron chi connectivity index (χ0n) is 10.7. The van der Waals surface area contributed by atoms with Gasteiger partial charge in [-0.25, -0.2) is 0 Å². The lowest BCUT2D eigenvalue weighted by Gasteiger charge is -2.25. The third kappa shape index (κ3) is 2.39. The highest BCUT2D eigenvalue weighted by molar-refractivity contribution is 9.09. The van der Waals surface area contributed by atoms with Gasteiger partial charge in [-0.2, -0.15) is 0 Å². The number of phenols is 1. The SMILES string of the molecule is Cc1ccc(C(=O)N2CCC(C)C2CBr)c(O)c1. The van der Waals surface area contributed by atoms with Crippen LogP contribution in [0.2, 0.25) is 0 Å². The van der Waals surface area contributed by atoms with Crippen molar-refractivity contribution in [2.75, 3.05) is 11.9 Å². The molecule has 1 N–H and O–H groups in total. The topological polar surface area (TPSA) is 40.5 Å². The Labute approximate surface area is 116 Å². The van der Waals surface area contributed by atoms with Crippen LogP contribution in [-0.2, 0) is 0 Å². The Morgan fingerprint density at radius 2 is 2.28 bits per heavy atom. The molecular formula is C14H18BrNO2. The molecule has 1 fully saturated rings. The molecule has 0 aromatic heterocycles. The number of carbonyl (C=O) groups excluding carboxylic acids is 1. The normalized spacial score (nSPS) is 23.4. The fourth-order valence-electron chi connectivity index (χ4n) is 2.47. The summed E-state index contributed by atoms with van der Waals surface area (Å²) >= 11 is 3.47. The van der Waals surface area contributed by atoms with Crippen LogP contribution in [0.3, 0.4) is 0 Å². The molecule has 1 aromatic rings. The Morgan fingerprint density at radius 1 is 1.56 bits per heavy atom. The summed E-state index contributed by atoms with van der Waals surface area (Å²) < 4.78 is 0. The van der Waals surface area contributed by atoms with E-state index in [1.807, 2.05) is 17.9 Å². The molecule has 1 aliphatic heterocycles. The van der Waals surface area contributed by atoms with Crippen molar-refractivity contribution in [2.24, 2.45) is 5.92 Å². The zero-order valence-corrected chi connectivity index (χ0v) is 12.3. The van der Waals surface area contributed by atoms with Crippen LogP contribution in [0.25, 0.3) is 0 Å². The molecule has 1 aromatic carbocycles. The highest BCUT2D eigenvalue weighted by atomic mass is 79.9. The van der Waals surface area contributed by atoms with Gasteiger partial charge < -0.3 is 10.0 Å². The molecule has 1 aliphatic rings. The molecule has 2 rings (SSSR count). The van der Waals surface area contributed by atoms with E-state index in [1.54, 1.807) is 12.1 Å². The summed E-state index contributed by atoms with van der Waals surface area (Å²) in [7, 11) is 0. The molecule has 98 valence electrons. The summed E-state index contributed by atoms with van der Waals surface area (Å²) in [4.78, 5) is 14.3. The van der Waals surface area contributed by atoms with Crippen molar-refractivity contribution < 1.29 is 9.90 Å². The molecular weight excluding hydrogens is 294 g/mol. The van der Waals surface area contributed by atoms with Crippen molar-refractivity contribution in [3.63, 3.8) is 0 Å². The number of carbonyl (C=O) groups is 1. The second-order valence-electron chi connectivity index (χ2n) is 5.01. The maximum atomic E-state index is 12.4. The van der Waals surface area contributed by atoms with Gasteiger partial charge in [0.15, 0.2) is 0 Å². The van der Waals surface area contributed by atoms with E-state index >= 15 is 0 Å². The zero-order chi connectivity index (χ0) is 13.3. The summed E-state index contributed by atoms with van der Waals surface area (Å²) in [5.41, 5.74) is 1.36. The second kappa shape index (κ2) is 5.31. The van der Waals surface area contributed by atoms with E-state index < -0.39 is 0 Å². The number of hydrogen-bond donors (Lipinski definition) is 1. The molecule has 0 spiro atoms. The molecule has 1 amide bonds. The van der Waals surface area contributed by atoms with E-state index in [0.717, 1.165) is 23.9 Å². The fourth-order valence-corrected chi connectivity index (χ4v) is 3.46. The molecule has 18 heavy (non-hydrogen) atoms. The van der Waals surface area contributed by atoms with Crippen molar-refractivity contribution in [2.45, 2.75) is 26.3 Å². The van der Waals surface area contributed by atoms with Crippen LogP contribution in [0.15, 0.2) is 18.2 Å². The van der Waals surface area contributed by atoms with Gasteiger partial charge in [0.2, 0.25) is 0 Å². The lowest BCUT2D eigenvalue weighted by atomic mass is 10.0. The first-order valence-corrected chi connectivity index (χ1v) is 7.33. The van der Waals surface area contributed by atoms with Crippen LogP contribution >= 0.6 is 15.9 Å². The van der Waals surface area contributed by atoms with Crippen LogP contribution in [0.5, 0.6) is 5.75 Å². The first-order valence-electron chi connectivity index (χ1n) is 6.21. The molecule has 1 heterocycles. The second-order valence-corrected chi connectivity index (χ2v) is 5.65. The van der Waals surface area contributed by atoms with Gasteiger partial charge in [-0.05, 0) is 37.0 Å². The molecule has 4 heteroatoms. The highest BCUT2D eigenvalue weighted by Gasteiger charge is 2.34. The van der Waals surface area contributed by atoms with Crippen molar-refractivity contribution in [1.82, 2.24) is 4.90 Å².